The molecule has 2 amide bonds. The molecule has 2 N–H and O–H groups in total. The SMILES string of the molecule is COCCOc1ccccc1NC(=O)NCC(OC)c1ccccc1. The maximum atomic E-state index is 12.2. The Hall–Kier alpha value is -2.57. The average molecular weight is 344 g/mol. The number of methoxy groups -OCH3 is 2. The third kappa shape index (κ3) is 6.10. The van der Waals surface area contributed by atoms with Crippen molar-refractivity contribution >= 4 is 11.7 Å². The molecule has 0 aliphatic carbocycles. The molecule has 2 aromatic carbocycles. The molecule has 0 aliphatic rings. The monoisotopic (exact) mass is 344 g/mol. The Bertz CT molecular complexity index is 649. The van der Waals surface area contributed by atoms with Gasteiger partial charge in [-0.3, -0.25) is 0 Å². The second kappa shape index (κ2) is 10.3. The Morgan fingerprint density at radius 2 is 1.72 bits per heavy atom. The van der Waals surface area contributed by atoms with E-state index < -0.39 is 0 Å². The molecular weight excluding hydrogens is 320 g/mol. The van der Waals surface area contributed by atoms with Crippen LogP contribution >= 0.6 is 0 Å². The molecule has 0 radical (unpaired) electrons. The zero-order valence-corrected chi connectivity index (χ0v) is 14.5. The zero-order chi connectivity index (χ0) is 17.9. The number of ether oxygens (including phenoxy) is 3. The first-order chi connectivity index (χ1) is 12.2. The van der Waals surface area contributed by atoms with Crippen molar-refractivity contribution < 1.29 is 19.0 Å². The van der Waals surface area contributed by atoms with Crippen LogP contribution in [-0.4, -0.2) is 40.0 Å². The Balaban J connectivity index is 1.89. The van der Waals surface area contributed by atoms with Gasteiger partial charge in [0.1, 0.15) is 12.4 Å². The third-order valence-electron chi connectivity index (χ3n) is 3.58. The van der Waals surface area contributed by atoms with E-state index in [2.05, 4.69) is 10.6 Å². The second-order valence-electron chi connectivity index (χ2n) is 5.31. The molecule has 0 heterocycles. The van der Waals surface area contributed by atoms with Gasteiger partial charge < -0.3 is 24.8 Å². The van der Waals surface area contributed by atoms with Crippen LogP contribution in [0.15, 0.2) is 54.6 Å². The van der Waals surface area contributed by atoms with E-state index in [0.717, 1.165) is 5.56 Å². The summed E-state index contributed by atoms with van der Waals surface area (Å²) in [6.07, 6.45) is -0.208. The standard InChI is InChI=1S/C19H24N2O4/c1-23-12-13-25-17-11-7-6-10-16(17)21-19(22)20-14-18(24-2)15-8-4-3-5-9-15/h3-11,18H,12-14H2,1-2H3,(H2,20,21,22). The van der Waals surface area contributed by atoms with Gasteiger partial charge in [-0.2, -0.15) is 0 Å². The van der Waals surface area contributed by atoms with E-state index in [1.807, 2.05) is 42.5 Å². The van der Waals surface area contributed by atoms with Gasteiger partial charge in [-0.15, -0.1) is 0 Å². The number of nitrogens with one attached hydrogen (secondary N) is 2. The Kier molecular flexibility index (Phi) is 7.75. The number of hydrogen-bond acceptors (Lipinski definition) is 4. The van der Waals surface area contributed by atoms with Crippen LogP contribution in [0.25, 0.3) is 0 Å². The van der Waals surface area contributed by atoms with Crippen LogP contribution in [0, 0.1) is 0 Å². The summed E-state index contributed by atoms with van der Waals surface area (Å²) in [6.45, 7) is 1.25. The van der Waals surface area contributed by atoms with Crippen molar-refractivity contribution in [2.45, 2.75) is 6.10 Å². The number of carbonyl (C=O) groups is 1. The molecule has 1 atom stereocenters. The molecule has 0 saturated heterocycles. The van der Waals surface area contributed by atoms with Crippen LogP contribution < -0.4 is 15.4 Å². The molecule has 0 aliphatic heterocycles. The molecule has 0 saturated carbocycles. The molecule has 0 fully saturated rings. The van der Waals surface area contributed by atoms with Crippen molar-refractivity contribution in [3.63, 3.8) is 0 Å². The van der Waals surface area contributed by atoms with E-state index in [1.165, 1.54) is 0 Å². The maximum absolute atomic E-state index is 12.2. The van der Waals surface area contributed by atoms with Crippen molar-refractivity contribution in [2.75, 3.05) is 39.3 Å². The summed E-state index contributed by atoms with van der Waals surface area (Å²) in [5.41, 5.74) is 1.61. The van der Waals surface area contributed by atoms with Gasteiger partial charge in [-0.05, 0) is 17.7 Å². The summed E-state index contributed by atoms with van der Waals surface area (Å²) < 4.78 is 16.0. The molecule has 0 bridgehead atoms. The van der Waals surface area contributed by atoms with Crippen LogP contribution in [0.4, 0.5) is 10.5 Å². The minimum atomic E-state index is -0.319. The molecule has 2 rings (SSSR count). The highest BCUT2D eigenvalue weighted by molar-refractivity contribution is 5.90. The fraction of sp³-hybridized carbons (Fsp3) is 0.316. The lowest BCUT2D eigenvalue weighted by Crippen LogP contribution is -2.33. The summed E-state index contributed by atoms with van der Waals surface area (Å²) >= 11 is 0. The number of hydrogen-bond donors (Lipinski definition) is 2. The lowest BCUT2D eigenvalue weighted by Gasteiger charge is -2.17. The summed E-state index contributed by atoms with van der Waals surface area (Å²) in [4.78, 5) is 12.2. The highest BCUT2D eigenvalue weighted by Crippen LogP contribution is 2.23. The Labute approximate surface area is 148 Å². The topological polar surface area (TPSA) is 68.8 Å². The quantitative estimate of drug-likeness (QED) is 0.685. The van der Waals surface area contributed by atoms with Gasteiger partial charge in [0, 0.05) is 20.8 Å². The van der Waals surface area contributed by atoms with Gasteiger partial charge in [0.05, 0.1) is 18.4 Å². The first-order valence-corrected chi connectivity index (χ1v) is 8.08. The van der Waals surface area contributed by atoms with Crippen molar-refractivity contribution in [2.24, 2.45) is 0 Å². The first kappa shape index (κ1) is 18.8. The van der Waals surface area contributed by atoms with Gasteiger partial charge in [0.2, 0.25) is 0 Å². The third-order valence-corrected chi connectivity index (χ3v) is 3.58. The zero-order valence-electron chi connectivity index (χ0n) is 14.5. The van der Waals surface area contributed by atoms with Crippen LogP contribution in [0.1, 0.15) is 11.7 Å². The minimum Gasteiger partial charge on any atom is -0.489 e. The van der Waals surface area contributed by atoms with Crippen LogP contribution in [0.3, 0.4) is 0 Å². The second-order valence-corrected chi connectivity index (χ2v) is 5.31. The normalized spacial score (nSPS) is 11.6. The molecule has 25 heavy (non-hydrogen) atoms. The van der Waals surface area contributed by atoms with E-state index in [4.69, 9.17) is 14.2 Å². The van der Waals surface area contributed by atoms with Crippen LogP contribution in [0.2, 0.25) is 0 Å². The molecule has 6 heteroatoms. The fourth-order valence-corrected chi connectivity index (χ4v) is 2.29. The van der Waals surface area contributed by atoms with Gasteiger partial charge in [-0.1, -0.05) is 42.5 Å². The molecular formula is C19H24N2O4. The number of anilines is 1. The Morgan fingerprint density at radius 1 is 1.00 bits per heavy atom. The van der Waals surface area contributed by atoms with Crippen molar-refractivity contribution in [1.29, 1.82) is 0 Å². The highest BCUT2D eigenvalue weighted by atomic mass is 16.5. The molecule has 2 aromatic rings. The van der Waals surface area contributed by atoms with Crippen LogP contribution in [-0.2, 0) is 9.47 Å². The van der Waals surface area contributed by atoms with E-state index in [-0.39, 0.29) is 12.1 Å². The summed E-state index contributed by atoms with van der Waals surface area (Å²) in [5, 5.41) is 5.62. The van der Waals surface area contributed by atoms with E-state index in [9.17, 15) is 4.79 Å². The minimum absolute atomic E-state index is 0.208. The highest BCUT2D eigenvalue weighted by Gasteiger charge is 2.13. The number of carbonyl (C=O) groups excluding carboxylic acids is 1. The average Bonchev–Trinajstić information content (AvgIpc) is 2.65. The summed E-state index contributed by atoms with van der Waals surface area (Å²) in [5.74, 6) is 0.598. The smallest absolute Gasteiger partial charge is 0.319 e. The van der Waals surface area contributed by atoms with Gasteiger partial charge in [0.15, 0.2) is 0 Å². The number of benzene rings is 2. The van der Waals surface area contributed by atoms with E-state index in [1.54, 1.807) is 26.4 Å². The number of para-hydroxylation sites is 2. The largest absolute Gasteiger partial charge is 0.489 e. The molecule has 134 valence electrons. The van der Waals surface area contributed by atoms with Gasteiger partial charge in [-0.25, -0.2) is 4.79 Å². The molecule has 1 unspecified atom stereocenters. The predicted octanol–water partition coefficient (Wildman–Crippen LogP) is 3.22. The molecule has 6 nitrogen and oxygen atoms in total. The van der Waals surface area contributed by atoms with Crippen molar-refractivity contribution in [1.82, 2.24) is 5.32 Å². The molecule has 0 aromatic heterocycles. The van der Waals surface area contributed by atoms with Crippen molar-refractivity contribution in [3.8, 4) is 5.75 Å². The number of amides is 2. The lowest BCUT2D eigenvalue weighted by molar-refractivity contribution is 0.104. The lowest BCUT2D eigenvalue weighted by atomic mass is 10.1. The first-order valence-electron chi connectivity index (χ1n) is 8.08. The predicted molar refractivity (Wildman–Crippen MR) is 97.0 cm³/mol. The number of urea groups is 1. The van der Waals surface area contributed by atoms with E-state index in [0.29, 0.717) is 31.2 Å². The maximum Gasteiger partial charge on any atom is 0.319 e. The summed E-state index contributed by atoms with van der Waals surface area (Å²) in [6, 6.07) is 16.7. The molecule has 0 spiro atoms. The van der Waals surface area contributed by atoms with Crippen LogP contribution in [0.5, 0.6) is 5.75 Å². The summed E-state index contributed by atoms with van der Waals surface area (Å²) in [7, 11) is 3.23. The van der Waals surface area contributed by atoms with Gasteiger partial charge in [0.25, 0.3) is 0 Å². The van der Waals surface area contributed by atoms with E-state index >= 15 is 0 Å². The van der Waals surface area contributed by atoms with Gasteiger partial charge >= 0.3 is 6.03 Å². The number of rotatable bonds is 9. The fourth-order valence-electron chi connectivity index (χ4n) is 2.29. The van der Waals surface area contributed by atoms with Crippen molar-refractivity contribution in [3.05, 3.63) is 60.2 Å². The Morgan fingerprint density at radius 3 is 2.44 bits per heavy atom.